The zero-order valence-electron chi connectivity index (χ0n) is 15.0. The van der Waals surface area contributed by atoms with E-state index in [0.717, 1.165) is 19.5 Å². The number of halogens is 3. The second kappa shape index (κ2) is 11.7. The lowest BCUT2D eigenvalue weighted by molar-refractivity contribution is -0.192. The van der Waals surface area contributed by atoms with Crippen LogP contribution in [-0.2, 0) is 4.79 Å². The van der Waals surface area contributed by atoms with Crippen molar-refractivity contribution in [3.05, 3.63) is 0 Å². The van der Waals surface area contributed by atoms with Crippen molar-refractivity contribution in [3.63, 3.8) is 0 Å². The van der Waals surface area contributed by atoms with Gasteiger partial charge in [-0.3, -0.25) is 0 Å². The van der Waals surface area contributed by atoms with E-state index in [0.29, 0.717) is 24.7 Å². The van der Waals surface area contributed by atoms with Crippen LogP contribution in [0.4, 0.5) is 13.2 Å². The lowest BCUT2D eigenvalue weighted by Gasteiger charge is -2.26. The van der Waals surface area contributed by atoms with Crippen molar-refractivity contribution in [1.82, 2.24) is 5.32 Å². The molecule has 0 bridgehead atoms. The van der Waals surface area contributed by atoms with Gasteiger partial charge in [-0.2, -0.15) is 13.2 Å². The molecule has 0 aromatic heterocycles. The minimum Gasteiger partial charge on any atom is -0.475 e. The SMILES string of the molecule is CCC(O)[C@H](O)C[C@H](O)[C@H](O)C[C@H](C)[C@@H]1CCNC1.O=C(O)C(F)(F)F. The molecule has 6 atom stereocenters. The van der Waals surface area contributed by atoms with Crippen molar-refractivity contribution in [3.8, 4) is 0 Å². The van der Waals surface area contributed by atoms with Gasteiger partial charge in [0.05, 0.1) is 24.4 Å². The largest absolute Gasteiger partial charge is 0.490 e. The number of carbonyl (C=O) groups is 1. The van der Waals surface area contributed by atoms with Crippen LogP contribution in [0.15, 0.2) is 0 Å². The summed E-state index contributed by atoms with van der Waals surface area (Å²) >= 11 is 0. The molecule has 1 rings (SSSR count). The Bertz CT molecular complexity index is 404. The van der Waals surface area contributed by atoms with Crippen LogP contribution in [-0.4, -0.2) is 75.2 Å². The second-order valence-corrected chi connectivity index (χ2v) is 6.68. The average Bonchev–Trinajstić information content (AvgIpc) is 3.07. The van der Waals surface area contributed by atoms with Gasteiger partial charge < -0.3 is 30.8 Å². The van der Waals surface area contributed by atoms with E-state index in [-0.39, 0.29) is 6.42 Å². The molecule has 1 unspecified atom stereocenters. The Morgan fingerprint density at radius 2 is 1.54 bits per heavy atom. The lowest BCUT2D eigenvalue weighted by atomic mass is 9.86. The van der Waals surface area contributed by atoms with Crippen LogP contribution in [0.3, 0.4) is 0 Å². The standard InChI is InChI=1S/C14H29NO4.C2HF3O2/c1-3-11(16)13(18)7-14(19)12(17)6-9(2)10-4-5-15-8-10;3-2(4,5)1(6)7/h9-19H,3-8H2,1-2H3;(H,6,7)/t9-,10+,11?,12+,13+,14-;/m0./s1. The van der Waals surface area contributed by atoms with Crippen molar-refractivity contribution >= 4 is 5.97 Å². The summed E-state index contributed by atoms with van der Waals surface area (Å²) in [6, 6.07) is 0. The molecule has 0 saturated carbocycles. The maximum atomic E-state index is 10.6. The molecular formula is C16H30F3NO6. The van der Waals surface area contributed by atoms with E-state index in [1.54, 1.807) is 6.92 Å². The van der Waals surface area contributed by atoms with E-state index >= 15 is 0 Å². The van der Waals surface area contributed by atoms with Crippen LogP contribution in [0, 0.1) is 11.8 Å². The van der Waals surface area contributed by atoms with Gasteiger partial charge in [-0.1, -0.05) is 13.8 Å². The van der Waals surface area contributed by atoms with Crippen molar-refractivity contribution in [1.29, 1.82) is 0 Å². The molecule has 0 amide bonds. The number of rotatable bonds is 8. The normalized spacial score (nSPS) is 23.3. The van der Waals surface area contributed by atoms with Crippen molar-refractivity contribution in [2.75, 3.05) is 13.1 Å². The van der Waals surface area contributed by atoms with Gasteiger partial charge in [0, 0.05) is 6.42 Å². The van der Waals surface area contributed by atoms with Gasteiger partial charge in [0.1, 0.15) is 0 Å². The van der Waals surface area contributed by atoms with E-state index in [1.165, 1.54) is 0 Å². The summed E-state index contributed by atoms with van der Waals surface area (Å²) in [5.41, 5.74) is 0. The summed E-state index contributed by atoms with van der Waals surface area (Å²) in [6.45, 7) is 5.85. The number of hydrogen-bond acceptors (Lipinski definition) is 6. The first kappa shape index (κ1) is 25.1. The van der Waals surface area contributed by atoms with Crippen LogP contribution in [0.25, 0.3) is 0 Å². The summed E-state index contributed by atoms with van der Waals surface area (Å²) in [4.78, 5) is 8.90. The van der Waals surface area contributed by atoms with E-state index in [1.807, 2.05) is 0 Å². The van der Waals surface area contributed by atoms with Crippen molar-refractivity contribution < 1.29 is 43.5 Å². The summed E-state index contributed by atoms with van der Waals surface area (Å²) in [5.74, 6) is -1.87. The maximum absolute atomic E-state index is 10.6. The third-order valence-electron chi connectivity index (χ3n) is 4.55. The molecule has 10 heteroatoms. The third-order valence-corrected chi connectivity index (χ3v) is 4.55. The average molecular weight is 389 g/mol. The first-order valence-electron chi connectivity index (χ1n) is 8.63. The van der Waals surface area contributed by atoms with Gasteiger partial charge in [0.15, 0.2) is 0 Å². The number of aliphatic carboxylic acids is 1. The molecule has 0 spiro atoms. The van der Waals surface area contributed by atoms with Crippen molar-refractivity contribution in [2.24, 2.45) is 11.8 Å². The zero-order chi connectivity index (χ0) is 20.5. The van der Waals surface area contributed by atoms with E-state index in [9.17, 15) is 33.6 Å². The number of hydrogen-bond donors (Lipinski definition) is 6. The monoisotopic (exact) mass is 389 g/mol. The predicted molar refractivity (Wildman–Crippen MR) is 87.4 cm³/mol. The molecule has 7 nitrogen and oxygen atoms in total. The highest BCUT2D eigenvalue weighted by atomic mass is 19.4. The Hall–Kier alpha value is -0.940. The van der Waals surface area contributed by atoms with Crippen LogP contribution in [0.2, 0.25) is 0 Å². The van der Waals surface area contributed by atoms with Crippen LogP contribution < -0.4 is 5.32 Å². The summed E-state index contributed by atoms with van der Waals surface area (Å²) in [5, 5.41) is 49.4. The maximum Gasteiger partial charge on any atom is 0.490 e. The molecular weight excluding hydrogens is 359 g/mol. The molecule has 1 fully saturated rings. The Kier molecular flexibility index (Phi) is 11.3. The Morgan fingerprint density at radius 3 is 1.92 bits per heavy atom. The predicted octanol–water partition coefficient (Wildman–Crippen LogP) is 0.499. The van der Waals surface area contributed by atoms with Gasteiger partial charge in [-0.15, -0.1) is 0 Å². The number of carboxylic acids is 1. The molecule has 156 valence electrons. The fourth-order valence-corrected chi connectivity index (χ4v) is 2.73. The minimum absolute atomic E-state index is 0.0197. The fourth-order valence-electron chi connectivity index (χ4n) is 2.73. The second-order valence-electron chi connectivity index (χ2n) is 6.68. The topological polar surface area (TPSA) is 130 Å². The van der Waals surface area contributed by atoms with E-state index in [4.69, 9.17) is 9.90 Å². The quantitative estimate of drug-likeness (QED) is 0.356. The van der Waals surface area contributed by atoms with Crippen molar-refractivity contribution in [2.45, 2.75) is 70.1 Å². The highest BCUT2D eigenvalue weighted by Crippen LogP contribution is 2.24. The van der Waals surface area contributed by atoms with E-state index < -0.39 is 36.6 Å². The molecule has 0 aliphatic carbocycles. The lowest BCUT2D eigenvalue weighted by Crippen LogP contribution is -2.36. The smallest absolute Gasteiger partial charge is 0.475 e. The van der Waals surface area contributed by atoms with Gasteiger partial charge in [-0.25, -0.2) is 4.79 Å². The number of nitrogens with one attached hydrogen (secondary N) is 1. The van der Waals surface area contributed by atoms with Crippen LogP contribution in [0.5, 0.6) is 0 Å². The molecule has 0 aromatic rings. The summed E-state index contributed by atoms with van der Waals surface area (Å²) in [7, 11) is 0. The molecule has 0 radical (unpaired) electrons. The molecule has 26 heavy (non-hydrogen) atoms. The number of carboxylic acid groups (broad SMARTS) is 1. The Labute approximate surface area is 150 Å². The number of aliphatic hydroxyl groups excluding tert-OH is 4. The Morgan fingerprint density at radius 1 is 1.08 bits per heavy atom. The number of aliphatic hydroxyl groups is 4. The summed E-state index contributed by atoms with van der Waals surface area (Å²) in [6.07, 6.45) is -6.61. The molecule has 1 aliphatic rings. The minimum atomic E-state index is -5.08. The Balaban J connectivity index is 0.000000758. The van der Waals surface area contributed by atoms with Gasteiger partial charge in [0.2, 0.25) is 0 Å². The summed E-state index contributed by atoms with van der Waals surface area (Å²) < 4.78 is 31.7. The van der Waals surface area contributed by atoms with Crippen LogP contribution in [0.1, 0.15) is 39.5 Å². The van der Waals surface area contributed by atoms with E-state index in [2.05, 4.69) is 12.2 Å². The molecule has 6 N–H and O–H groups in total. The first-order chi connectivity index (χ1) is 11.9. The molecule has 1 heterocycles. The van der Waals surface area contributed by atoms with Gasteiger partial charge >= 0.3 is 12.1 Å². The third kappa shape index (κ3) is 9.67. The van der Waals surface area contributed by atoms with Gasteiger partial charge in [0.25, 0.3) is 0 Å². The molecule has 1 saturated heterocycles. The van der Waals surface area contributed by atoms with Crippen LogP contribution >= 0.6 is 0 Å². The highest BCUT2D eigenvalue weighted by Gasteiger charge is 2.38. The molecule has 1 aliphatic heterocycles. The van der Waals surface area contributed by atoms with Gasteiger partial charge in [-0.05, 0) is 44.2 Å². The molecule has 0 aromatic carbocycles. The first-order valence-corrected chi connectivity index (χ1v) is 8.63. The fraction of sp³-hybridized carbons (Fsp3) is 0.938. The zero-order valence-corrected chi connectivity index (χ0v) is 15.0. The number of alkyl halides is 3. The highest BCUT2D eigenvalue weighted by molar-refractivity contribution is 5.73.